The summed E-state index contributed by atoms with van der Waals surface area (Å²) >= 11 is 0. The highest BCUT2D eigenvalue weighted by molar-refractivity contribution is 5.87. The van der Waals surface area contributed by atoms with Gasteiger partial charge in [0.2, 0.25) is 0 Å². The zero-order valence-electron chi connectivity index (χ0n) is 13.1. The molecule has 0 fully saturated rings. The molecule has 0 aliphatic heterocycles. The summed E-state index contributed by atoms with van der Waals surface area (Å²) in [6, 6.07) is 0. The number of hydrogen-bond donors (Lipinski definition) is 0. The quantitative estimate of drug-likeness (QED) is 0.452. The van der Waals surface area contributed by atoms with Crippen LogP contribution in [0.1, 0.15) is 27.2 Å². The second-order valence-electron chi connectivity index (χ2n) is 3.92. The zero-order chi connectivity index (χ0) is 16.8. The van der Waals surface area contributed by atoms with Crippen molar-refractivity contribution in [1.82, 2.24) is 0 Å². The molecule has 114 valence electrons. The third kappa shape index (κ3) is 9.08. The van der Waals surface area contributed by atoms with Crippen LogP contribution < -0.4 is 0 Å². The Morgan fingerprint density at radius 3 is 2.45 bits per heavy atom. The fraction of sp³-hybridized carbons (Fsp3) is 0.333. The molecule has 0 saturated carbocycles. The van der Waals surface area contributed by atoms with Crippen molar-refractivity contribution in [3.05, 3.63) is 23.8 Å². The van der Waals surface area contributed by atoms with Crippen LogP contribution in [0.2, 0.25) is 0 Å². The monoisotopic (exact) mass is 298 g/mol. The summed E-state index contributed by atoms with van der Waals surface area (Å²) < 4.78 is 9.58. The third-order valence-electron chi connectivity index (χ3n) is 2.37. The van der Waals surface area contributed by atoms with E-state index in [4.69, 9.17) is 4.74 Å². The smallest absolute Gasteiger partial charge is 0.334 e. The molecule has 0 aromatic heterocycles. The molecule has 0 aromatic rings. The van der Waals surface area contributed by atoms with E-state index in [9.17, 15) is 9.59 Å². The molecule has 0 aliphatic rings. The minimum absolute atomic E-state index is 0.385. The van der Waals surface area contributed by atoms with Crippen LogP contribution in [0.3, 0.4) is 0 Å². The molecule has 0 saturated heterocycles. The predicted octanol–water partition coefficient (Wildman–Crippen LogP) is 2.01. The number of esters is 2. The fourth-order valence-corrected chi connectivity index (χ4v) is 0.989. The maximum absolute atomic E-state index is 11.6. The molecule has 0 N–H and O–H groups in total. The van der Waals surface area contributed by atoms with Crippen LogP contribution in [0.5, 0.6) is 0 Å². The van der Waals surface area contributed by atoms with Crippen molar-refractivity contribution in [3.8, 4) is 35.5 Å². The number of ether oxygens (including phenoxy) is 2. The minimum atomic E-state index is -0.496. The van der Waals surface area contributed by atoms with Crippen LogP contribution in [0.25, 0.3) is 0 Å². The van der Waals surface area contributed by atoms with Crippen molar-refractivity contribution in [2.24, 2.45) is 0 Å². The molecule has 4 heteroatoms. The van der Waals surface area contributed by atoms with E-state index in [-0.39, 0.29) is 5.97 Å². The van der Waals surface area contributed by atoms with Gasteiger partial charge in [0, 0.05) is 11.6 Å². The predicted molar refractivity (Wildman–Crippen MR) is 84.1 cm³/mol. The fourth-order valence-electron chi connectivity index (χ4n) is 0.989. The Labute approximate surface area is 131 Å². The Bertz CT molecular complexity index is 634. The van der Waals surface area contributed by atoms with Crippen molar-refractivity contribution in [2.45, 2.75) is 33.3 Å². The molecular weight excluding hydrogens is 280 g/mol. The number of carbonyl (C=O) groups excluding carboxylic acids is 2. The molecule has 1 atom stereocenters. The topological polar surface area (TPSA) is 52.6 Å². The Morgan fingerprint density at radius 2 is 1.86 bits per heavy atom. The van der Waals surface area contributed by atoms with E-state index in [1.807, 2.05) is 6.92 Å². The highest BCUT2D eigenvalue weighted by Crippen LogP contribution is 2.02. The van der Waals surface area contributed by atoms with Gasteiger partial charge in [-0.2, -0.15) is 0 Å². The Morgan fingerprint density at radius 1 is 1.18 bits per heavy atom. The van der Waals surface area contributed by atoms with Crippen molar-refractivity contribution in [2.75, 3.05) is 7.11 Å². The van der Waals surface area contributed by atoms with Crippen LogP contribution in [0.4, 0.5) is 0 Å². The second kappa shape index (κ2) is 11.9. The molecule has 0 rings (SSSR count). The van der Waals surface area contributed by atoms with E-state index < -0.39 is 12.1 Å². The first kappa shape index (κ1) is 19.1. The summed E-state index contributed by atoms with van der Waals surface area (Å²) in [5, 5.41) is 0. The molecule has 0 aliphatic carbocycles. The zero-order valence-corrected chi connectivity index (χ0v) is 13.1. The average Bonchev–Trinajstić information content (AvgIpc) is 2.54. The molecular formula is C18H18O4. The summed E-state index contributed by atoms with van der Waals surface area (Å²) in [5.74, 6) is 14.5. The highest BCUT2D eigenvalue weighted by Gasteiger charge is 2.10. The average molecular weight is 298 g/mol. The Balaban J connectivity index is 4.53. The van der Waals surface area contributed by atoms with Crippen LogP contribution >= 0.6 is 0 Å². The number of hydrogen-bond acceptors (Lipinski definition) is 4. The summed E-state index contributed by atoms with van der Waals surface area (Å²) in [5.41, 5.74) is 0.537. The second-order valence-corrected chi connectivity index (χ2v) is 3.92. The summed E-state index contributed by atoms with van der Waals surface area (Å²) in [6.45, 7) is 5.31. The van der Waals surface area contributed by atoms with Crippen molar-refractivity contribution < 1.29 is 19.1 Å². The van der Waals surface area contributed by atoms with Crippen molar-refractivity contribution in [1.29, 1.82) is 0 Å². The van der Waals surface area contributed by atoms with E-state index in [1.54, 1.807) is 19.9 Å². The molecule has 0 radical (unpaired) electrons. The van der Waals surface area contributed by atoms with Gasteiger partial charge in [0.15, 0.2) is 6.10 Å². The number of allylic oxidation sites excluding steroid dienone is 2. The van der Waals surface area contributed by atoms with E-state index in [0.717, 1.165) is 0 Å². The molecule has 0 aromatic carbocycles. The van der Waals surface area contributed by atoms with Crippen LogP contribution in [0.15, 0.2) is 23.8 Å². The van der Waals surface area contributed by atoms with Crippen LogP contribution in [0, 0.1) is 35.5 Å². The van der Waals surface area contributed by atoms with Gasteiger partial charge in [-0.15, -0.1) is 0 Å². The molecule has 0 bridgehead atoms. The summed E-state index contributed by atoms with van der Waals surface area (Å²) in [4.78, 5) is 22.3. The number of methoxy groups -OCH3 is 1. The first-order valence-corrected chi connectivity index (χ1v) is 6.64. The minimum Gasteiger partial charge on any atom is -0.466 e. The lowest BCUT2D eigenvalue weighted by Crippen LogP contribution is -2.16. The molecule has 4 nitrogen and oxygen atoms in total. The van der Waals surface area contributed by atoms with Gasteiger partial charge in [-0.1, -0.05) is 18.9 Å². The Hall–Kier alpha value is -2.90. The largest absolute Gasteiger partial charge is 0.466 e. The summed E-state index contributed by atoms with van der Waals surface area (Å²) in [7, 11) is 1.28. The Kier molecular flexibility index (Phi) is 10.3. The highest BCUT2D eigenvalue weighted by atomic mass is 16.5. The molecule has 1 unspecified atom stereocenters. The molecule has 0 amide bonds. The van der Waals surface area contributed by atoms with E-state index in [0.29, 0.717) is 12.0 Å². The van der Waals surface area contributed by atoms with Gasteiger partial charge < -0.3 is 9.47 Å². The number of carbonyl (C=O) groups is 2. The molecule has 0 heterocycles. The van der Waals surface area contributed by atoms with Gasteiger partial charge in [0.1, 0.15) is 0 Å². The standard InChI is InChI=1S/C18H18O4/c1-5-15(3)18(20)22-16(6-2)13-11-9-7-8-10-12-14-17(19)21-4/h5,12,14,16H,6H2,1-4H3/b14-12+,15-5+. The molecule has 22 heavy (non-hydrogen) atoms. The van der Waals surface area contributed by atoms with Gasteiger partial charge in [0.05, 0.1) is 7.11 Å². The first-order chi connectivity index (χ1) is 10.5. The lowest BCUT2D eigenvalue weighted by Gasteiger charge is -2.09. The van der Waals surface area contributed by atoms with Crippen LogP contribution in [-0.4, -0.2) is 25.2 Å². The maximum Gasteiger partial charge on any atom is 0.334 e. The van der Waals surface area contributed by atoms with Gasteiger partial charge in [-0.05, 0) is 55.9 Å². The summed E-state index contributed by atoms with van der Waals surface area (Å²) in [6.07, 6.45) is 4.29. The van der Waals surface area contributed by atoms with Gasteiger partial charge in [-0.3, -0.25) is 0 Å². The SMILES string of the molecule is C/C=C(\C)C(=O)OC(C#CC#CC#C/C=C/C(=O)OC)CC. The lowest BCUT2D eigenvalue weighted by atomic mass is 10.2. The van der Waals surface area contributed by atoms with E-state index in [2.05, 4.69) is 40.3 Å². The molecule has 0 spiro atoms. The van der Waals surface area contributed by atoms with Gasteiger partial charge in [0.25, 0.3) is 0 Å². The lowest BCUT2D eigenvalue weighted by molar-refractivity contribution is -0.141. The van der Waals surface area contributed by atoms with Gasteiger partial charge >= 0.3 is 11.9 Å². The number of rotatable bonds is 4. The van der Waals surface area contributed by atoms with Crippen LogP contribution in [-0.2, 0) is 19.1 Å². The van der Waals surface area contributed by atoms with Crippen molar-refractivity contribution in [3.63, 3.8) is 0 Å². The normalized spacial score (nSPS) is 11.0. The van der Waals surface area contributed by atoms with E-state index >= 15 is 0 Å². The van der Waals surface area contributed by atoms with Gasteiger partial charge in [-0.25, -0.2) is 9.59 Å². The first-order valence-electron chi connectivity index (χ1n) is 6.64. The van der Waals surface area contributed by atoms with E-state index in [1.165, 1.54) is 19.3 Å². The maximum atomic E-state index is 11.6. The third-order valence-corrected chi connectivity index (χ3v) is 2.37. The van der Waals surface area contributed by atoms with Crippen molar-refractivity contribution >= 4 is 11.9 Å².